The number of hydrogen-bond donors (Lipinski definition) is 2. The van der Waals surface area contributed by atoms with Gasteiger partial charge in [-0.2, -0.15) is 4.31 Å². The molecule has 1 aromatic carbocycles. The van der Waals surface area contributed by atoms with Crippen LogP contribution in [0.4, 0.5) is 5.69 Å². The van der Waals surface area contributed by atoms with Crippen molar-refractivity contribution >= 4 is 27.5 Å². The Labute approximate surface area is 177 Å². The second kappa shape index (κ2) is 10.3. The lowest BCUT2D eigenvalue weighted by Gasteiger charge is -2.31. The molecule has 2 aliphatic rings. The minimum atomic E-state index is -3.55. The summed E-state index contributed by atoms with van der Waals surface area (Å²) in [5, 5.41) is 5.65. The smallest absolute Gasteiger partial charge is 0.243 e. The Balaban J connectivity index is 1.54. The summed E-state index contributed by atoms with van der Waals surface area (Å²) in [5.74, 6) is -0.230. The van der Waals surface area contributed by atoms with Gasteiger partial charge in [-0.05, 0) is 50.6 Å². The van der Waals surface area contributed by atoms with Crippen molar-refractivity contribution in [1.29, 1.82) is 0 Å². The fraction of sp³-hybridized carbons (Fsp3) is 0.600. The minimum absolute atomic E-state index is 0.0414. The summed E-state index contributed by atoms with van der Waals surface area (Å²) in [4.78, 5) is 26.6. The molecule has 2 aliphatic heterocycles. The number of benzene rings is 1. The highest BCUT2D eigenvalue weighted by Gasteiger charge is 2.27. The van der Waals surface area contributed by atoms with Crippen molar-refractivity contribution < 1.29 is 22.7 Å². The van der Waals surface area contributed by atoms with Crippen LogP contribution >= 0.6 is 0 Å². The molecule has 0 radical (unpaired) electrons. The maximum Gasteiger partial charge on any atom is 0.243 e. The van der Waals surface area contributed by atoms with Gasteiger partial charge in [-0.1, -0.05) is 0 Å². The first-order valence-electron chi connectivity index (χ1n) is 10.4. The fourth-order valence-corrected chi connectivity index (χ4v) is 5.19. The van der Waals surface area contributed by atoms with Crippen molar-refractivity contribution in [3.63, 3.8) is 0 Å². The summed E-state index contributed by atoms with van der Waals surface area (Å²) >= 11 is 0. The Morgan fingerprint density at radius 1 is 1.13 bits per heavy atom. The van der Waals surface area contributed by atoms with Gasteiger partial charge < -0.3 is 15.4 Å². The van der Waals surface area contributed by atoms with E-state index in [0.717, 1.165) is 19.4 Å². The number of morpholine rings is 1. The molecule has 166 valence electrons. The molecule has 10 heteroatoms. The fourth-order valence-electron chi connectivity index (χ4n) is 3.78. The molecular weight excluding hydrogens is 408 g/mol. The summed E-state index contributed by atoms with van der Waals surface area (Å²) in [6.07, 6.45) is 1.71. The summed E-state index contributed by atoms with van der Waals surface area (Å²) in [6.45, 7) is 5.51. The Hall–Kier alpha value is -2.01. The molecule has 0 aliphatic carbocycles. The largest absolute Gasteiger partial charge is 0.379 e. The van der Waals surface area contributed by atoms with Crippen LogP contribution in [-0.4, -0.2) is 81.9 Å². The molecule has 0 bridgehead atoms. The van der Waals surface area contributed by atoms with E-state index >= 15 is 0 Å². The first-order chi connectivity index (χ1) is 14.4. The molecule has 2 saturated heterocycles. The van der Waals surface area contributed by atoms with Crippen LogP contribution in [0.3, 0.4) is 0 Å². The van der Waals surface area contributed by atoms with Crippen LogP contribution in [0.25, 0.3) is 0 Å². The third-order valence-corrected chi connectivity index (χ3v) is 7.25. The first kappa shape index (κ1) is 22.7. The van der Waals surface area contributed by atoms with E-state index in [-0.39, 0.29) is 29.2 Å². The van der Waals surface area contributed by atoms with Crippen LogP contribution in [-0.2, 0) is 24.3 Å². The van der Waals surface area contributed by atoms with Crippen LogP contribution in [0.5, 0.6) is 0 Å². The number of nitrogens with one attached hydrogen (secondary N) is 2. The van der Waals surface area contributed by atoms with E-state index in [9.17, 15) is 18.0 Å². The second-order valence-corrected chi connectivity index (χ2v) is 9.50. The third-order valence-electron chi connectivity index (χ3n) is 5.34. The quantitative estimate of drug-likeness (QED) is 0.642. The highest BCUT2D eigenvalue weighted by atomic mass is 32.2. The van der Waals surface area contributed by atoms with E-state index in [1.165, 1.54) is 16.4 Å². The zero-order chi connectivity index (χ0) is 21.6. The number of nitrogens with zero attached hydrogens (tertiary/aromatic N) is 2. The van der Waals surface area contributed by atoms with Gasteiger partial charge in [0.25, 0.3) is 0 Å². The van der Waals surface area contributed by atoms with Crippen molar-refractivity contribution in [3.8, 4) is 0 Å². The van der Waals surface area contributed by atoms with Gasteiger partial charge in [0.15, 0.2) is 0 Å². The number of piperidine rings is 1. The molecule has 2 heterocycles. The Kier molecular flexibility index (Phi) is 7.81. The number of amides is 2. The maximum absolute atomic E-state index is 12.7. The standard InChI is InChI=1S/C20H30N4O5S/c1-2-21-20(26)16-4-3-9-23(14-16)15-19(25)22-17-5-7-18(8-6-17)30(27,28)24-10-12-29-13-11-24/h5-8,16H,2-4,9-15H2,1H3,(H,21,26)(H,22,25). The molecule has 1 atom stereocenters. The van der Waals surface area contributed by atoms with E-state index in [0.29, 0.717) is 45.1 Å². The van der Waals surface area contributed by atoms with Gasteiger partial charge in [-0.3, -0.25) is 14.5 Å². The molecule has 2 N–H and O–H groups in total. The summed E-state index contributed by atoms with van der Waals surface area (Å²) < 4.78 is 31.9. The molecule has 0 spiro atoms. The average Bonchev–Trinajstić information content (AvgIpc) is 2.75. The lowest BCUT2D eigenvalue weighted by molar-refractivity contribution is -0.127. The van der Waals surface area contributed by atoms with Crippen LogP contribution in [0, 0.1) is 5.92 Å². The molecule has 3 rings (SSSR count). The SMILES string of the molecule is CCNC(=O)C1CCCN(CC(=O)Nc2ccc(S(=O)(=O)N3CCOCC3)cc2)C1. The Morgan fingerprint density at radius 2 is 1.83 bits per heavy atom. The van der Waals surface area contributed by atoms with E-state index in [2.05, 4.69) is 10.6 Å². The number of carbonyl (C=O) groups excluding carboxylic acids is 2. The molecule has 0 aromatic heterocycles. The number of carbonyl (C=O) groups is 2. The topological polar surface area (TPSA) is 108 Å². The molecule has 2 fully saturated rings. The van der Waals surface area contributed by atoms with Crippen LogP contribution in [0.2, 0.25) is 0 Å². The lowest BCUT2D eigenvalue weighted by atomic mass is 9.97. The van der Waals surface area contributed by atoms with Crippen molar-refractivity contribution in [2.45, 2.75) is 24.7 Å². The second-order valence-electron chi connectivity index (χ2n) is 7.56. The number of hydrogen-bond acceptors (Lipinski definition) is 6. The van der Waals surface area contributed by atoms with Crippen molar-refractivity contribution in [3.05, 3.63) is 24.3 Å². The van der Waals surface area contributed by atoms with E-state index in [4.69, 9.17) is 4.74 Å². The predicted octanol–water partition coefficient (Wildman–Crippen LogP) is 0.494. The van der Waals surface area contributed by atoms with Crippen LogP contribution < -0.4 is 10.6 Å². The number of ether oxygens (including phenoxy) is 1. The molecule has 0 saturated carbocycles. The molecule has 1 unspecified atom stereocenters. The molecule has 30 heavy (non-hydrogen) atoms. The highest BCUT2D eigenvalue weighted by molar-refractivity contribution is 7.89. The molecule has 2 amide bonds. The Morgan fingerprint density at radius 3 is 2.50 bits per heavy atom. The minimum Gasteiger partial charge on any atom is -0.379 e. The highest BCUT2D eigenvalue weighted by Crippen LogP contribution is 2.20. The van der Waals surface area contributed by atoms with Gasteiger partial charge in [-0.15, -0.1) is 0 Å². The zero-order valence-electron chi connectivity index (χ0n) is 17.3. The zero-order valence-corrected chi connectivity index (χ0v) is 18.1. The number of anilines is 1. The number of likely N-dealkylation sites (tertiary alicyclic amines) is 1. The third kappa shape index (κ3) is 5.78. The van der Waals surface area contributed by atoms with Gasteiger partial charge in [0, 0.05) is 31.9 Å². The van der Waals surface area contributed by atoms with Crippen molar-refractivity contribution in [1.82, 2.24) is 14.5 Å². The summed E-state index contributed by atoms with van der Waals surface area (Å²) in [5.41, 5.74) is 0.540. The summed E-state index contributed by atoms with van der Waals surface area (Å²) in [7, 11) is -3.55. The number of rotatable bonds is 7. The predicted molar refractivity (Wildman–Crippen MR) is 112 cm³/mol. The first-order valence-corrected chi connectivity index (χ1v) is 11.8. The van der Waals surface area contributed by atoms with Gasteiger partial charge >= 0.3 is 0 Å². The molecule has 9 nitrogen and oxygen atoms in total. The van der Waals surface area contributed by atoms with E-state index < -0.39 is 10.0 Å². The average molecular weight is 439 g/mol. The monoisotopic (exact) mass is 438 g/mol. The van der Waals surface area contributed by atoms with Gasteiger partial charge in [0.1, 0.15) is 0 Å². The Bertz CT molecular complexity index is 837. The van der Waals surface area contributed by atoms with Gasteiger partial charge in [0.05, 0.1) is 30.6 Å². The normalized spacial score (nSPS) is 21.2. The van der Waals surface area contributed by atoms with Crippen LogP contribution in [0.15, 0.2) is 29.2 Å². The number of sulfonamides is 1. The molecule has 1 aromatic rings. The van der Waals surface area contributed by atoms with Gasteiger partial charge in [0.2, 0.25) is 21.8 Å². The van der Waals surface area contributed by atoms with Crippen molar-refractivity contribution in [2.75, 3.05) is 57.8 Å². The summed E-state index contributed by atoms with van der Waals surface area (Å²) in [6, 6.07) is 6.21. The van der Waals surface area contributed by atoms with Crippen molar-refractivity contribution in [2.24, 2.45) is 5.92 Å². The van der Waals surface area contributed by atoms with Crippen LogP contribution in [0.1, 0.15) is 19.8 Å². The molecular formula is C20H30N4O5S. The maximum atomic E-state index is 12.7. The van der Waals surface area contributed by atoms with Gasteiger partial charge in [-0.25, -0.2) is 8.42 Å². The lowest BCUT2D eigenvalue weighted by Crippen LogP contribution is -2.45. The van der Waals surface area contributed by atoms with E-state index in [1.807, 2.05) is 11.8 Å². The van der Waals surface area contributed by atoms with E-state index in [1.54, 1.807) is 12.1 Å².